The molecule has 1 fully saturated rings. The van der Waals surface area contributed by atoms with E-state index >= 15 is 0 Å². The number of terminal acetylenes is 1. The Kier molecular flexibility index (Phi) is 6.40. The van der Waals surface area contributed by atoms with Crippen LogP contribution in [-0.4, -0.2) is 51.9 Å². The molecule has 5 rings (SSSR count). The number of amides is 3. The zero-order valence-corrected chi connectivity index (χ0v) is 21.7. The van der Waals surface area contributed by atoms with E-state index in [0.717, 1.165) is 12.1 Å². The largest absolute Gasteiger partial charge is 0.416 e. The average molecular weight is 555 g/mol. The quantitative estimate of drug-likeness (QED) is 0.319. The van der Waals surface area contributed by atoms with Crippen molar-refractivity contribution in [3.8, 4) is 12.3 Å². The SMILES string of the molecule is C#C[C@@H]1C[C@@]2(CN1C(=O)[C@H](CC(C)(C)F)NC(=O)c1cc3cc(C(F)(F)F)ccc3[nH]1)C(=O)Nc1ccccc12. The van der Waals surface area contributed by atoms with E-state index in [9.17, 15) is 31.9 Å². The number of aromatic nitrogens is 1. The summed E-state index contributed by atoms with van der Waals surface area (Å²) in [7, 11) is 0. The predicted octanol–water partition coefficient (Wildman–Crippen LogP) is 4.55. The number of para-hydroxylation sites is 1. The lowest BCUT2D eigenvalue weighted by Crippen LogP contribution is -2.52. The first-order chi connectivity index (χ1) is 18.7. The van der Waals surface area contributed by atoms with E-state index in [1.807, 2.05) is 0 Å². The van der Waals surface area contributed by atoms with Crippen molar-refractivity contribution < 1.29 is 31.9 Å². The van der Waals surface area contributed by atoms with Crippen molar-refractivity contribution in [3.05, 3.63) is 65.4 Å². The van der Waals surface area contributed by atoms with Crippen LogP contribution in [0.4, 0.5) is 23.2 Å². The van der Waals surface area contributed by atoms with Gasteiger partial charge in [-0.05, 0) is 56.2 Å². The number of aromatic amines is 1. The van der Waals surface area contributed by atoms with Gasteiger partial charge in [-0.1, -0.05) is 24.1 Å². The van der Waals surface area contributed by atoms with Gasteiger partial charge in [-0.25, -0.2) is 4.39 Å². The van der Waals surface area contributed by atoms with Gasteiger partial charge >= 0.3 is 6.18 Å². The van der Waals surface area contributed by atoms with Crippen molar-refractivity contribution in [2.45, 2.75) is 56.0 Å². The summed E-state index contributed by atoms with van der Waals surface area (Å²) >= 11 is 0. The van der Waals surface area contributed by atoms with Gasteiger partial charge in [-0.3, -0.25) is 14.4 Å². The van der Waals surface area contributed by atoms with Crippen LogP contribution in [0.25, 0.3) is 10.9 Å². The number of hydrogen-bond acceptors (Lipinski definition) is 3. The number of hydrogen-bond donors (Lipinski definition) is 3. The smallest absolute Gasteiger partial charge is 0.351 e. The highest BCUT2D eigenvalue weighted by Gasteiger charge is 2.56. The number of benzene rings is 2. The monoisotopic (exact) mass is 554 g/mol. The van der Waals surface area contributed by atoms with Crippen molar-refractivity contribution in [2.24, 2.45) is 0 Å². The highest BCUT2D eigenvalue weighted by molar-refractivity contribution is 6.07. The summed E-state index contributed by atoms with van der Waals surface area (Å²) in [5.74, 6) is 0.793. The fourth-order valence-corrected chi connectivity index (χ4v) is 5.57. The summed E-state index contributed by atoms with van der Waals surface area (Å²) in [6.45, 7) is 2.45. The molecule has 0 bridgehead atoms. The van der Waals surface area contributed by atoms with Crippen LogP contribution in [0.1, 0.15) is 48.3 Å². The standard InChI is InChI=1S/C29H26F4N4O3/c1-4-18-13-28(19-7-5-6-8-21(19)36-26(28)40)15-37(18)25(39)23(14-27(2,3)30)35-24(38)22-12-16-11-17(29(31,32)33)9-10-20(16)34-22/h1,5-12,18,23,34H,13-15H2,2-3H3,(H,35,38)(H,36,40)/t18-,23+,28+/m1/s1. The number of rotatable bonds is 5. The van der Waals surface area contributed by atoms with E-state index in [4.69, 9.17) is 6.42 Å². The lowest BCUT2D eigenvalue weighted by atomic mass is 9.79. The van der Waals surface area contributed by atoms with Gasteiger partial charge < -0.3 is 20.5 Å². The summed E-state index contributed by atoms with van der Waals surface area (Å²) in [5.41, 5.74) is -2.32. The summed E-state index contributed by atoms with van der Waals surface area (Å²) in [5, 5.41) is 5.51. The van der Waals surface area contributed by atoms with Gasteiger partial charge in [0.2, 0.25) is 11.8 Å². The first-order valence-corrected chi connectivity index (χ1v) is 12.6. The number of likely N-dealkylation sites (tertiary alicyclic amines) is 1. The molecular weight excluding hydrogens is 528 g/mol. The minimum atomic E-state index is -4.56. The van der Waals surface area contributed by atoms with E-state index in [0.29, 0.717) is 11.3 Å². The molecule has 7 nitrogen and oxygen atoms in total. The fraction of sp³-hybridized carbons (Fsp3) is 0.345. The Morgan fingerprint density at radius 1 is 1.18 bits per heavy atom. The number of carbonyl (C=O) groups excluding carboxylic acids is 3. The van der Waals surface area contributed by atoms with Crippen LogP contribution in [-0.2, 0) is 21.2 Å². The normalized spacial score (nSPS) is 21.3. The number of H-pyrrole nitrogens is 1. The minimum absolute atomic E-state index is 0.0603. The van der Waals surface area contributed by atoms with Gasteiger partial charge in [-0.15, -0.1) is 6.42 Å². The molecule has 3 atom stereocenters. The maximum Gasteiger partial charge on any atom is 0.416 e. The molecule has 3 aromatic rings. The van der Waals surface area contributed by atoms with E-state index in [-0.39, 0.29) is 35.5 Å². The number of anilines is 1. The van der Waals surface area contributed by atoms with Crippen LogP contribution in [0.15, 0.2) is 48.5 Å². The summed E-state index contributed by atoms with van der Waals surface area (Å²) in [6.07, 6.45) is 0.953. The average Bonchev–Trinajstić information content (AvgIpc) is 3.56. The molecule has 1 saturated heterocycles. The molecule has 208 valence electrons. The molecule has 0 unspecified atom stereocenters. The molecule has 0 radical (unpaired) electrons. The minimum Gasteiger partial charge on any atom is -0.351 e. The molecule has 3 amide bonds. The van der Waals surface area contributed by atoms with Crippen molar-refractivity contribution in [2.75, 3.05) is 11.9 Å². The highest BCUT2D eigenvalue weighted by Crippen LogP contribution is 2.46. The summed E-state index contributed by atoms with van der Waals surface area (Å²) in [4.78, 5) is 44.2. The Bertz CT molecular complexity index is 1570. The third-order valence-corrected chi connectivity index (χ3v) is 7.44. The lowest BCUT2D eigenvalue weighted by molar-refractivity contribution is -0.137. The number of nitrogens with one attached hydrogen (secondary N) is 3. The first-order valence-electron chi connectivity index (χ1n) is 12.6. The van der Waals surface area contributed by atoms with Gasteiger partial charge in [0.25, 0.3) is 5.91 Å². The molecule has 2 aliphatic heterocycles. The molecule has 3 N–H and O–H groups in total. The Hall–Kier alpha value is -4.33. The number of alkyl halides is 4. The van der Waals surface area contributed by atoms with Gasteiger partial charge in [0.05, 0.1) is 17.0 Å². The van der Waals surface area contributed by atoms with Gasteiger partial charge in [0.1, 0.15) is 17.4 Å². The van der Waals surface area contributed by atoms with Crippen molar-refractivity contribution in [3.63, 3.8) is 0 Å². The molecule has 2 aromatic carbocycles. The third-order valence-electron chi connectivity index (χ3n) is 7.44. The van der Waals surface area contributed by atoms with E-state index in [1.54, 1.807) is 24.3 Å². The van der Waals surface area contributed by atoms with Crippen LogP contribution in [0.2, 0.25) is 0 Å². The molecule has 2 aliphatic rings. The van der Waals surface area contributed by atoms with E-state index < -0.39 is 53.1 Å². The Labute approximate surface area is 227 Å². The number of nitrogens with zero attached hydrogens (tertiary/aromatic N) is 1. The Morgan fingerprint density at radius 2 is 1.90 bits per heavy atom. The van der Waals surface area contributed by atoms with Crippen LogP contribution in [0, 0.1) is 12.3 Å². The van der Waals surface area contributed by atoms with E-state index in [1.165, 1.54) is 30.9 Å². The number of halogens is 4. The molecule has 40 heavy (non-hydrogen) atoms. The molecule has 3 heterocycles. The molecular formula is C29H26F4N4O3. The Morgan fingerprint density at radius 3 is 2.58 bits per heavy atom. The lowest BCUT2D eigenvalue weighted by Gasteiger charge is -2.30. The summed E-state index contributed by atoms with van der Waals surface area (Å²) < 4.78 is 54.2. The molecule has 0 saturated carbocycles. The Balaban J connectivity index is 1.43. The molecule has 1 spiro atoms. The number of fused-ring (bicyclic) bond motifs is 3. The fourth-order valence-electron chi connectivity index (χ4n) is 5.57. The highest BCUT2D eigenvalue weighted by atomic mass is 19.4. The predicted molar refractivity (Wildman–Crippen MR) is 140 cm³/mol. The van der Waals surface area contributed by atoms with E-state index in [2.05, 4.69) is 21.5 Å². The van der Waals surface area contributed by atoms with Crippen molar-refractivity contribution in [1.29, 1.82) is 0 Å². The second kappa shape index (κ2) is 9.40. The second-order valence-electron chi connectivity index (χ2n) is 10.9. The van der Waals surface area contributed by atoms with Gasteiger partial charge in [0.15, 0.2) is 0 Å². The second-order valence-corrected chi connectivity index (χ2v) is 10.9. The zero-order valence-electron chi connectivity index (χ0n) is 21.7. The molecule has 1 aromatic heterocycles. The topological polar surface area (TPSA) is 94.3 Å². The third kappa shape index (κ3) is 4.78. The first kappa shape index (κ1) is 27.2. The van der Waals surface area contributed by atoms with Gasteiger partial charge in [-0.2, -0.15) is 13.2 Å². The maximum atomic E-state index is 14.9. The van der Waals surface area contributed by atoms with Crippen LogP contribution >= 0.6 is 0 Å². The zero-order chi connectivity index (χ0) is 29.0. The van der Waals surface area contributed by atoms with Crippen molar-refractivity contribution >= 4 is 34.3 Å². The van der Waals surface area contributed by atoms with Crippen LogP contribution in [0.3, 0.4) is 0 Å². The van der Waals surface area contributed by atoms with Crippen LogP contribution in [0.5, 0.6) is 0 Å². The molecule has 11 heteroatoms. The van der Waals surface area contributed by atoms with Crippen molar-refractivity contribution in [1.82, 2.24) is 15.2 Å². The van der Waals surface area contributed by atoms with Crippen LogP contribution < -0.4 is 10.6 Å². The number of carbonyl (C=O) groups is 3. The molecule has 0 aliphatic carbocycles. The summed E-state index contributed by atoms with van der Waals surface area (Å²) in [6, 6.07) is 9.17. The van der Waals surface area contributed by atoms with Gasteiger partial charge in [0, 0.05) is 29.6 Å². The maximum absolute atomic E-state index is 14.9.